The van der Waals surface area contributed by atoms with E-state index in [1.54, 1.807) is 19.6 Å². The van der Waals surface area contributed by atoms with Crippen LogP contribution in [0.5, 0.6) is 0 Å². The van der Waals surface area contributed by atoms with Crippen molar-refractivity contribution in [2.45, 2.75) is 12.6 Å². The first kappa shape index (κ1) is 14.0. The molecule has 0 saturated heterocycles. The Kier molecular flexibility index (Phi) is 3.55. The molecule has 116 valence electrons. The van der Waals surface area contributed by atoms with Gasteiger partial charge in [-0.1, -0.05) is 30.3 Å². The average Bonchev–Trinajstić information content (AvgIpc) is 3.21. The molecule has 4 rings (SSSR count). The maximum atomic E-state index is 5.55. The smallest absolute Gasteiger partial charge is 0.133 e. The standard InChI is InChI=1S/C18H18N4O/c1-23-14(11-22-9-8-19-12-22)10-20-18-15-6-2-4-13-5-3-7-16(21-18)17(13)15/h2-9,12,14H,10-11H2,1H3,(H,20,21). The molecule has 1 aliphatic rings. The zero-order valence-corrected chi connectivity index (χ0v) is 12.9. The van der Waals surface area contributed by atoms with Crippen LogP contribution in [0.4, 0.5) is 5.69 Å². The zero-order chi connectivity index (χ0) is 15.6. The molecule has 5 heteroatoms. The van der Waals surface area contributed by atoms with E-state index in [0.29, 0.717) is 6.54 Å². The number of amidine groups is 1. The summed E-state index contributed by atoms with van der Waals surface area (Å²) >= 11 is 0. The second-order valence-corrected chi connectivity index (χ2v) is 5.64. The minimum Gasteiger partial charge on any atom is -0.378 e. The number of anilines is 1. The highest BCUT2D eigenvalue weighted by atomic mass is 16.5. The first-order valence-corrected chi connectivity index (χ1v) is 7.67. The Hall–Kier alpha value is -2.66. The van der Waals surface area contributed by atoms with Gasteiger partial charge >= 0.3 is 0 Å². The molecule has 23 heavy (non-hydrogen) atoms. The maximum absolute atomic E-state index is 5.55. The number of hydrogen-bond donors (Lipinski definition) is 1. The van der Waals surface area contributed by atoms with Gasteiger partial charge in [0.05, 0.1) is 25.5 Å². The van der Waals surface area contributed by atoms with Crippen LogP contribution in [-0.2, 0) is 11.3 Å². The molecule has 0 amide bonds. The Morgan fingerprint density at radius 1 is 1.26 bits per heavy atom. The zero-order valence-electron chi connectivity index (χ0n) is 12.9. The number of aliphatic imine (C=N–C) groups is 1. The van der Waals surface area contributed by atoms with Crippen molar-refractivity contribution in [3.8, 4) is 0 Å². The van der Waals surface area contributed by atoms with Crippen molar-refractivity contribution in [3.05, 3.63) is 60.7 Å². The first-order valence-electron chi connectivity index (χ1n) is 7.67. The van der Waals surface area contributed by atoms with Gasteiger partial charge in [-0.3, -0.25) is 4.99 Å². The Bertz CT molecular complexity index is 849. The van der Waals surface area contributed by atoms with Crippen LogP contribution in [0.15, 0.2) is 60.1 Å². The Labute approximate surface area is 134 Å². The number of imidazole rings is 1. The fraction of sp³-hybridized carbons (Fsp3) is 0.222. The molecule has 0 saturated carbocycles. The summed E-state index contributed by atoms with van der Waals surface area (Å²) in [4.78, 5) is 8.82. The van der Waals surface area contributed by atoms with Gasteiger partial charge in [0.2, 0.25) is 0 Å². The van der Waals surface area contributed by atoms with Crippen molar-refractivity contribution < 1.29 is 4.74 Å². The van der Waals surface area contributed by atoms with E-state index in [4.69, 9.17) is 9.73 Å². The lowest BCUT2D eigenvalue weighted by atomic mass is 10.1. The van der Waals surface area contributed by atoms with E-state index in [2.05, 4.69) is 46.7 Å². The summed E-state index contributed by atoms with van der Waals surface area (Å²) in [6, 6.07) is 12.6. The lowest BCUT2D eigenvalue weighted by Crippen LogP contribution is -2.23. The van der Waals surface area contributed by atoms with E-state index in [9.17, 15) is 0 Å². The lowest BCUT2D eigenvalue weighted by molar-refractivity contribution is 0.0950. The SMILES string of the molecule is COC(CN=C1Nc2cccc3cccc1c23)Cn1ccnc1. The van der Waals surface area contributed by atoms with Crippen LogP contribution in [0.25, 0.3) is 10.8 Å². The van der Waals surface area contributed by atoms with Crippen molar-refractivity contribution in [2.24, 2.45) is 4.99 Å². The number of methoxy groups -OCH3 is 1. The Morgan fingerprint density at radius 2 is 2.13 bits per heavy atom. The molecule has 1 aliphatic heterocycles. The minimum absolute atomic E-state index is 0.0152. The maximum Gasteiger partial charge on any atom is 0.133 e. The molecule has 0 bridgehead atoms. The first-order chi connectivity index (χ1) is 11.3. The number of ether oxygens (including phenoxy) is 1. The van der Waals surface area contributed by atoms with E-state index in [-0.39, 0.29) is 6.10 Å². The number of hydrogen-bond acceptors (Lipinski definition) is 3. The summed E-state index contributed by atoms with van der Waals surface area (Å²) < 4.78 is 7.56. The highest BCUT2D eigenvalue weighted by molar-refractivity contribution is 6.25. The van der Waals surface area contributed by atoms with Gasteiger partial charge in [0.15, 0.2) is 0 Å². The second kappa shape index (κ2) is 5.85. The molecule has 5 nitrogen and oxygen atoms in total. The third-order valence-electron chi connectivity index (χ3n) is 4.17. The van der Waals surface area contributed by atoms with Crippen molar-refractivity contribution in [1.82, 2.24) is 9.55 Å². The second-order valence-electron chi connectivity index (χ2n) is 5.64. The van der Waals surface area contributed by atoms with E-state index < -0.39 is 0 Å². The average molecular weight is 306 g/mol. The Balaban J connectivity index is 1.57. The molecule has 0 radical (unpaired) electrons. The van der Waals surface area contributed by atoms with Gasteiger partial charge in [-0.05, 0) is 11.5 Å². The van der Waals surface area contributed by atoms with Crippen molar-refractivity contribution in [2.75, 3.05) is 19.0 Å². The normalized spacial score (nSPS) is 16.0. The predicted octanol–water partition coefficient (Wildman–Crippen LogP) is 2.92. The van der Waals surface area contributed by atoms with Gasteiger partial charge in [-0.25, -0.2) is 4.98 Å². The fourth-order valence-corrected chi connectivity index (χ4v) is 2.99. The van der Waals surface area contributed by atoms with Crippen LogP contribution in [-0.4, -0.2) is 35.1 Å². The summed E-state index contributed by atoms with van der Waals surface area (Å²) in [6.45, 7) is 1.34. The van der Waals surface area contributed by atoms with Crippen molar-refractivity contribution >= 4 is 22.3 Å². The minimum atomic E-state index is 0.0152. The summed E-state index contributed by atoms with van der Waals surface area (Å²) in [5.74, 6) is 0.921. The van der Waals surface area contributed by atoms with Gasteiger partial charge in [-0.15, -0.1) is 0 Å². The van der Waals surface area contributed by atoms with Crippen LogP contribution in [0.1, 0.15) is 5.56 Å². The molecule has 2 aromatic carbocycles. The fourth-order valence-electron chi connectivity index (χ4n) is 2.99. The van der Waals surface area contributed by atoms with Crippen LogP contribution in [0.3, 0.4) is 0 Å². The topological polar surface area (TPSA) is 51.4 Å². The lowest BCUT2D eigenvalue weighted by Gasteiger charge is -2.14. The molecule has 1 aromatic heterocycles. The number of aromatic nitrogens is 2. The molecule has 0 spiro atoms. The van der Waals surface area contributed by atoms with Gasteiger partial charge < -0.3 is 14.6 Å². The van der Waals surface area contributed by atoms with Crippen molar-refractivity contribution in [3.63, 3.8) is 0 Å². The van der Waals surface area contributed by atoms with E-state index in [1.165, 1.54) is 10.8 Å². The summed E-state index contributed by atoms with van der Waals surface area (Å²) in [5.41, 5.74) is 2.29. The van der Waals surface area contributed by atoms with Gasteiger partial charge in [-0.2, -0.15) is 0 Å². The number of nitrogens with zero attached hydrogens (tertiary/aromatic N) is 3. The largest absolute Gasteiger partial charge is 0.378 e. The quantitative estimate of drug-likeness (QED) is 0.788. The third kappa shape index (κ3) is 2.59. The predicted molar refractivity (Wildman–Crippen MR) is 92.0 cm³/mol. The number of rotatable bonds is 5. The monoisotopic (exact) mass is 306 g/mol. The number of nitrogens with one attached hydrogen (secondary N) is 1. The highest BCUT2D eigenvalue weighted by Gasteiger charge is 2.19. The summed E-state index contributed by atoms with van der Waals surface area (Å²) in [6.07, 6.45) is 5.52. The van der Waals surface area contributed by atoms with Crippen LogP contribution < -0.4 is 5.32 Å². The van der Waals surface area contributed by atoms with Gasteiger partial charge in [0.25, 0.3) is 0 Å². The molecule has 0 fully saturated rings. The summed E-state index contributed by atoms with van der Waals surface area (Å²) in [5, 5.41) is 5.90. The molecular formula is C18H18N4O. The summed E-state index contributed by atoms with van der Waals surface area (Å²) in [7, 11) is 1.72. The molecule has 0 aliphatic carbocycles. The molecular weight excluding hydrogens is 288 g/mol. The highest BCUT2D eigenvalue weighted by Crippen LogP contribution is 2.32. The molecule has 1 unspecified atom stereocenters. The molecule has 2 heterocycles. The van der Waals surface area contributed by atoms with Crippen LogP contribution in [0, 0.1) is 0 Å². The molecule has 1 N–H and O–H groups in total. The van der Waals surface area contributed by atoms with E-state index in [0.717, 1.165) is 23.6 Å². The van der Waals surface area contributed by atoms with Gasteiger partial charge in [0.1, 0.15) is 5.84 Å². The van der Waals surface area contributed by atoms with E-state index in [1.807, 2.05) is 10.8 Å². The third-order valence-corrected chi connectivity index (χ3v) is 4.17. The van der Waals surface area contributed by atoms with E-state index >= 15 is 0 Å². The van der Waals surface area contributed by atoms with Crippen LogP contribution in [0.2, 0.25) is 0 Å². The molecule has 3 aromatic rings. The van der Waals surface area contributed by atoms with Gasteiger partial charge in [0, 0.05) is 36.1 Å². The Morgan fingerprint density at radius 3 is 2.91 bits per heavy atom. The van der Waals surface area contributed by atoms with Crippen LogP contribution >= 0.6 is 0 Å². The molecule has 1 atom stereocenters. The van der Waals surface area contributed by atoms with Crippen molar-refractivity contribution in [1.29, 1.82) is 0 Å². The number of benzene rings is 2.